The Balaban J connectivity index is 4.36. The molecule has 0 radical (unpaired) electrons. The van der Waals surface area contributed by atoms with Crippen molar-refractivity contribution in [1.82, 2.24) is 10.6 Å². The molecule has 0 aromatic rings. The second kappa shape index (κ2) is 6.28. The average Bonchev–Trinajstić information content (AvgIpc) is 2.22. The maximum Gasteiger partial charge on any atom is 0.288 e. The van der Waals surface area contributed by atoms with Gasteiger partial charge in [0.15, 0.2) is 0 Å². The lowest BCUT2D eigenvalue weighted by Gasteiger charge is -2.18. The van der Waals surface area contributed by atoms with Crippen molar-refractivity contribution >= 4 is 23.4 Å². The number of nitrogens with one attached hydrogen (secondary N) is 2. The minimum Gasteiger partial charge on any atom is -0.347 e. The first-order chi connectivity index (χ1) is 8.05. The largest absolute Gasteiger partial charge is 0.347 e. The molecule has 6 nitrogen and oxygen atoms in total. The topological polar surface area (TPSA) is 92.3 Å². The van der Waals surface area contributed by atoms with E-state index in [9.17, 15) is 19.2 Å². The van der Waals surface area contributed by atoms with E-state index in [0.717, 1.165) is 0 Å². The van der Waals surface area contributed by atoms with Gasteiger partial charge in [-0.2, -0.15) is 0 Å². The Morgan fingerprint density at radius 2 is 1.61 bits per heavy atom. The zero-order chi connectivity index (χ0) is 14.5. The molecule has 1 atom stereocenters. The molecule has 0 aromatic carbocycles. The lowest BCUT2D eigenvalue weighted by molar-refractivity contribution is -0.143. The van der Waals surface area contributed by atoms with Crippen molar-refractivity contribution in [2.24, 2.45) is 5.41 Å². The van der Waals surface area contributed by atoms with Crippen LogP contribution in [0.25, 0.3) is 0 Å². The van der Waals surface area contributed by atoms with Crippen LogP contribution in [-0.4, -0.2) is 36.0 Å². The Labute approximate surface area is 106 Å². The fraction of sp³-hybridized carbons (Fsp3) is 0.667. The lowest BCUT2D eigenvalue weighted by atomic mass is 9.90. The van der Waals surface area contributed by atoms with Gasteiger partial charge in [0, 0.05) is 5.41 Å². The van der Waals surface area contributed by atoms with Crippen LogP contribution in [-0.2, 0) is 19.2 Å². The number of carbonyl (C=O) groups is 4. The molecule has 0 spiro atoms. The molecule has 0 fully saturated rings. The van der Waals surface area contributed by atoms with Gasteiger partial charge in [-0.1, -0.05) is 20.8 Å². The molecule has 0 aliphatic heterocycles. The van der Waals surface area contributed by atoms with Gasteiger partial charge in [-0.3, -0.25) is 19.2 Å². The van der Waals surface area contributed by atoms with Crippen LogP contribution in [0.15, 0.2) is 0 Å². The normalized spacial score (nSPS) is 12.5. The highest BCUT2D eigenvalue weighted by Gasteiger charge is 2.29. The monoisotopic (exact) mass is 256 g/mol. The standard InChI is InChI=1S/C12H20N2O4/c1-7(15)6-13-10(17)8(2)14-11(18)9(16)12(3,4)5/h8H,6H2,1-5H3,(H,13,17)(H,14,18). The molecule has 0 rings (SSSR count). The molecule has 6 heteroatoms. The molecule has 2 N–H and O–H groups in total. The Bertz CT molecular complexity index is 369. The lowest BCUT2D eigenvalue weighted by Crippen LogP contribution is -2.49. The van der Waals surface area contributed by atoms with Gasteiger partial charge in [-0.05, 0) is 13.8 Å². The van der Waals surface area contributed by atoms with Gasteiger partial charge in [-0.25, -0.2) is 0 Å². The van der Waals surface area contributed by atoms with Crippen LogP contribution in [0.2, 0.25) is 0 Å². The molecule has 0 bridgehead atoms. The molecule has 0 saturated carbocycles. The predicted octanol–water partition coefficient (Wildman–Crippen LogP) is -0.189. The molecule has 0 aliphatic rings. The van der Waals surface area contributed by atoms with Crippen LogP contribution in [0.4, 0.5) is 0 Å². The highest BCUT2D eigenvalue weighted by atomic mass is 16.2. The highest BCUT2D eigenvalue weighted by molar-refractivity contribution is 6.38. The van der Waals surface area contributed by atoms with Gasteiger partial charge < -0.3 is 10.6 Å². The van der Waals surface area contributed by atoms with Crippen molar-refractivity contribution in [3.05, 3.63) is 0 Å². The van der Waals surface area contributed by atoms with E-state index in [1.165, 1.54) is 13.8 Å². The summed E-state index contributed by atoms with van der Waals surface area (Å²) >= 11 is 0. The minimum absolute atomic E-state index is 0.0910. The second-order valence-electron chi connectivity index (χ2n) is 5.19. The molecule has 0 aliphatic carbocycles. The highest BCUT2D eigenvalue weighted by Crippen LogP contribution is 2.14. The molecule has 0 heterocycles. The van der Waals surface area contributed by atoms with Gasteiger partial charge in [0.25, 0.3) is 5.91 Å². The summed E-state index contributed by atoms with van der Waals surface area (Å²) < 4.78 is 0. The summed E-state index contributed by atoms with van der Waals surface area (Å²) in [7, 11) is 0. The molecule has 18 heavy (non-hydrogen) atoms. The zero-order valence-corrected chi connectivity index (χ0v) is 11.4. The van der Waals surface area contributed by atoms with Gasteiger partial charge >= 0.3 is 0 Å². The van der Waals surface area contributed by atoms with Crippen LogP contribution in [0.1, 0.15) is 34.6 Å². The third-order valence-electron chi connectivity index (χ3n) is 2.14. The van der Waals surface area contributed by atoms with Gasteiger partial charge in [0.1, 0.15) is 11.8 Å². The third kappa shape index (κ3) is 5.56. The van der Waals surface area contributed by atoms with E-state index in [-0.39, 0.29) is 12.3 Å². The Hall–Kier alpha value is -1.72. The molecular formula is C12H20N2O4. The van der Waals surface area contributed by atoms with E-state index < -0.39 is 29.1 Å². The molecule has 1 unspecified atom stereocenters. The smallest absolute Gasteiger partial charge is 0.288 e. The van der Waals surface area contributed by atoms with E-state index in [4.69, 9.17) is 0 Å². The summed E-state index contributed by atoms with van der Waals surface area (Å²) in [6.07, 6.45) is 0. The number of rotatable bonds is 5. The number of hydrogen-bond acceptors (Lipinski definition) is 4. The summed E-state index contributed by atoms with van der Waals surface area (Å²) in [5, 5.41) is 4.65. The number of ketones is 2. The average molecular weight is 256 g/mol. The van der Waals surface area contributed by atoms with Crippen molar-refractivity contribution in [2.45, 2.75) is 40.7 Å². The molecular weight excluding hydrogens is 236 g/mol. The van der Waals surface area contributed by atoms with Crippen LogP contribution in [0, 0.1) is 5.41 Å². The molecule has 102 valence electrons. The Morgan fingerprint density at radius 1 is 1.11 bits per heavy atom. The van der Waals surface area contributed by atoms with Crippen molar-refractivity contribution in [2.75, 3.05) is 6.54 Å². The summed E-state index contributed by atoms with van der Waals surface area (Å²) in [4.78, 5) is 45.3. The molecule has 0 saturated heterocycles. The maximum absolute atomic E-state index is 11.6. The first kappa shape index (κ1) is 16.3. The van der Waals surface area contributed by atoms with Crippen molar-refractivity contribution in [1.29, 1.82) is 0 Å². The summed E-state index contributed by atoms with van der Waals surface area (Å²) in [6.45, 7) is 7.56. The number of amides is 2. The number of hydrogen-bond donors (Lipinski definition) is 2. The van der Waals surface area contributed by atoms with Crippen LogP contribution in [0.3, 0.4) is 0 Å². The number of Topliss-reactive ketones (excluding diaryl/α,β-unsaturated/α-hetero) is 2. The first-order valence-corrected chi connectivity index (χ1v) is 5.68. The van der Waals surface area contributed by atoms with E-state index >= 15 is 0 Å². The number of carbonyl (C=O) groups excluding carboxylic acids is 4. The van der Waals surface area contributed by atoms with Crippen molar-refractivity contribution in [3.8, 4) is 0 Å². The Morgan fingerprint density at radius 3 is 2.00 bits per heavy atom. The van der Waals surface area contributed by atoms with Crippen LogP contribution >= 0.6 is 0 Å². The Kier molecular flexibility index (Phi) is 5.68. The fourth-order valence-corrected chi connectivity index (χ4v) is 1.03. The van der Waals surface area contributed by atoms with E-state index in [0.29, 0.717) is 0 Å². The first-order valence-electron chi connectivity index (χ1n) is 5.68. The van der Waals surface area contributed by atoms with E-state index in [1.54, 1.807) is 20.8 Å². The summed E-state index contributed by atoms with van der Waals surface area (Å²) in [5.41, 5.74) is -0.792. The fourth-order valence-electron chi connectivity index (χ4n) is 1.03. The van der Waals surface area contributed by atoms with Crippen LogP contribution in [0.5, 0.6) is 0 Å². The second-order valence-corrected chi connectivity index (χ2v) is 5.19. The summed E-state index contributed by atoms with van der Waals surface area (Å²) in [6, 6.07) is -0.858. The van der Waals surface area contributed by atoms with Crippen LogP contribution < -0.4 is 10.6 Å². The van der Waals surface area contributed by atoms with Gasteiger partial charge in [0.2, 0.25) is 11.7 Å². The zero-order valence-electron chi connectivity index (χ0n) is 11.4. The summed E-state index contributed by atoms with van der Waals surface area (Å²) in [5.74, 6) is -2.07. The van der Waals surface area contributed by atoms with Gasteiger partial charge in [0.05, 0.1) is 6.54 Å². The predicted molar refractivity (Wildman–Crippen MR) is 65.8 cm³/mol. The van der Waals surface area contributed by atoms with Gasteiger partial charge in [-0.15, -0.1) is 0 Å². The van der Waals surface area contributed by atoms with E-state index in [2.05, 4.69) is 10.6 Å². The quantitative estimate of drug-likeness (QED) is 0.667. The van der Waals surface area contributed by atoms with E-state index in [1.807, 2.05) is 0 Å². The van der Waals surface area contributed by atoms with Crippen molar-refractivity contribution < 1.29 is 19.2 Å². The SMILES string of the molecule is CC(=O)CNC(=O)C(C)NC(=O)C(=O)C(C)(C)C. The van der Waals surface area contributed by atoms with Crippen molar-refractivity contribution in [3.63, 3.8) is 0 Å². The molecule has 0 aromatic heterocycles. The maximum atomic E-state index is 11.6. The third-order valence-corrected chi connectivity index (χ3v) is 2.14. The molecule has 2 amide bonds. The minimum atomic E-state index is -0.858.